The monoisotopic (exact) mass is 411 g/mol. The van der Waals surface area contributed by atoms with E-state index in [1.807, 2.05) is 46.4 Å². The highest BCUT2D eigenvalue weighted by molar-refractivity contribution is 5.90. The van der Waals surface area contributed by atoms with Gasteiger partial charge < -0.3 is 14.4 Å². The summed E-state index contributed by atoms with van der Waals surface area (Å²) in [4.78, 5) is 27.7. The van der Waals surface area contributed by atoms with Gasteiger partial charge in [0.1, 0.15) is 11.7 Å². The maximum absolute atomic E-state index is 13.0. The van der Waals surface area contributed by atoms with Crippen LogP contribution in [0.1, 0.15) is 95.4 Å². The van der Waals surface area contributed by atoms with Gasteiger partial charge in [0.15, 0.2) is 5.78 Å². The number of rotatable bonds is 11. The minimum atomic E-state index is -0.994. The van der Waals surface area contributed by atoms with Crippen molar-refractivity contribution >= 4 is 11.7 Å². The number of amides is 1. The van der Waals surface area contributed by atoms with Crippen LogP contribution in [0.3, 0.4) is 0 Å². The van der Waals surface area contributed by atoms with Gasteiger partial charge in [-0.15, -0.1) is 0 Å². The van der Waals surface area contributed by atoms with Crippen molar-refractivity contribution < 1.29 is 19.1 Å². The highest BCUT2D eigenvalue weighted by atomic mass is 16.5. The third-order valence-corrected chi connectivity index (χ3v) is 6.51. The van der Waals surface area contributed by atoms with Gasteiger partial charge in [0.05, 0.1) is 11.7 Å². The van der Waals surface area contributed by atoms with Crippen molar-refractivity contribution in [1.82, 2.24) is 4.90 Å². The van der Waals surface area contributed by atoms with Gasteiger partial charge in [-0.3, -0.25) is 9.59 Å². The molecule has 0 N–H and O–H groups in total. The quantitative estimate of drug-likeness (QED) is 0.480. The van der Waals surface area contributed by atoms with Gasteiger partial charge in [-0.1, -0.05) is 27.7 Å². The van der Waals surface area contributed by atoms with Crippen molar-refractivity contribution in [3.63, 3.8) is 0 Å². The fourth-order valence-corrected chi connectivity index (χ4v) is 4.44. The lowest BCUT2D eigenvalue weighted by molar-refractivity contribution is -0.203. The van der Waals surface area contributed by atoms with Gasteiger partial charge in [0.25, 0.3) is 0 Å². The Morgan fingerprint density at radius 2 is 1.59 bits per heavy atom. The average molecular weight is 412 g/mol. The fraction of sp³-hybridized carbons (Fsp3) is 0.917. The summed E-state index contributed by atoms with van der Waals surface area (Å²) in [5, 5.41) is 0. The van der Waals surface area contributed by atoms with Crippen LogP contribution < -0.4 is 0 Å². The number of ketones is 1. The second-order valence-electron chi connectivity index (χ2n) is 10.9. The maximum atomic E-state index is 13.0. The molecule has 0 aliphatic carbocycles. The molecule has 0 bridgehead atoms. The molecule has 1 aliphatic heterocycles. The van der Waals surface area contributed by atoms with Crippen LogP contribution in [0.2, 0.25) is 0 Å². The summed E-state index contributed by atoms with van der Waals surface area (Å²) in [5.74, 6) is 0.624. The Bertz CT molecular complexity index is 577. The minimum absolute atomic E-state index is 0.0224. The lowest BCUT2D eigenvalue weighted by atomic mass is 9.68. The first kappa shape index (κ1) is 26.1. The standard InChI is InChI=1S/C24H45NO4/c1-16(2)15-19(25-14-12-13-20(25)26)22(6,7)24(10,11)29-23(8,9)21(27)18(5)28-17(3)4/h16-19H,12-15H2,1-11H3. The van der Waals surface area contributed by atoms with E-state index in [4.69, 9.17) is 9.47 Å². The van der Waals surface area contributed by atoms with Gasteiger partial charge in [0, 0.05) is 24.4 Å². The fourth-order valence-electron chi connectivity index (χ4n) is 4.44. The van der Waals surface area contributed by atoms with E-state index in [1.165, 1.54) is 0 Å². The molecule has 2 unspecified atom stereocenters. The Kier molecular flexibility index (Phi) is 8.52. The molecule has 5 heteroatoms. The molecule has 1 heterocycles. The van der Waals surface area contributed by atoms with Crippen molar-refractivity contribution in [3.05, 3.63) is 0 Å². The zero-order valence-electron chi connectivity index (χ0n) is 20.7. The van der Waals surface area contributed by atoms with Crippen molar-refractivity contribution in [2.75, 3.05) is 6.54 Å². The summed E-state index contributed by atoms with van der Waals surface area (Å²) in [6.45, 7) is 22.9. The number of likely N-dealkylation sites (tertiary alicyclic amines) is 1. The molecule has 1 amide bonds. The van der Waals surface area contributed by atoms with Crippen molar-refractivity contribution in [3.8, 4) is 0 Å². The smallest absolute Gasteiger partial charge is 0.222 e. The first-order valence-corrected chi connectivity index (χ1v) is 11.2. The topological polar surface area (TPSA) is 55.8 Å². The molecule has 170 valence electrons. The molecule has 0 aromatic rings. The Hall–Kier alpha value is -0.940. The molecule has 1 aliphatic rings. The molecule has 5 nitrogen and oxygen atoms in total. The Labute approximate surface area is 178 Å². The zero-order valence-corrected chi connectivity index (χ0v) is 20.7. The van der Waals surface area contributed by atoms with Gasteiger partial charge in [-0.25, -0.2) is 0 Å². The van der Waals surface area contributed by atoms with E-state index in [2.05, 4.69) is 27.7 Å². The molecule has 1 rings (SSSR count). The number of nitrogens with zero attached hydrogens (tertiary/aromatic N) is 1. The third-order valence-electron chi connectivity index (χ3n) is 6.51. The van der Waals surface area contributed by atoms with Crippen LogP contribution in [-0.4, -0.2) is 52.6 Å². The van der Waals surface area contributed by atoms with Crippen LogP contribution in [0, 0.1) is 11.3 Å². The predicted molar refractivity (Wildman–Crippen MR) is 118 cm³/mol. The highest BCUT2D eigenvalue weighted by Crippen LogP contribution is 2.45. The normalized spacial score (nSPS) is 18.7. The van der Waals surface area contributed by atoms with Gasteiger partial charge in [-0.2, -0.15) is 0 Å². The minimum Gasteiger partial charge on any atom is -0.368 e. The molecule has 2 atom stereocenters. The van der Waals surface area contributed by atoms with E-state index >= 15 is 0 Å². The molecule has 0 radical (unpaired) electrons. The maximum Gasteiger partial charge on any atom is 0.222 e. The molecule has 0 saturated carbocycles. The average Bonchev–Trinajstić information content (AvgIpc) is 2.95. The second-order valence-corrected chi connectivity index (χ2v) is 10.9. The molecule has 0 aromatic heterocycles. The number of ether oxygens (including phenoxy) is 2. The Morgan fingerprint density at radius 3 is 2.00 bits per heavy atom. The van der Waals surface area contributed by atoms with Crippen molar-refractivity contribution in [2.24, 2.45) is 11.3 Å². The van der Waals surface area contributed by atoms with E-state index in [-0.39, 0.29) is 29.3 Å². The number of hydrogen-bond donors (Lipinski definition) is 0. The van der Waals surface area contributed by atoms with E-state index in [1.54, 1.807) is 6.92 Å². The van der Waals surface area contributed by atoms with E-state index in [0.717, 1.165) is 19.4 Å². The number of carbonyl (C=O) groups excluding carboxylic acids is 2. The summed E-state index contributed by atoms with van der Waals surface area (Å²) < 4.78 is 12.3. The Balaban J connectivity index is 3.14. The predicted octanol–water partition coefficient (Wildman–Crippen LogP) is 5.01. The van der Waals surface area contributed by atoms with E-state index in [9.17, 15) is 9.59 Å². The van der Waals surface area contributed by atoms with Crippen molar-refractivity contribution in [2.45, 2.75) is 125 Å². The SMILES string of the molecule is CC(C)CC(N1CCCC1=O)C(C)(C)C(C)(C)OC(C)(C)C(=O)C(C)OC(C)C. The van der Waals surface area contributed by atoms with Crippen LogP contribution in [0.25, 0.3) is 0 Å². The molecule has 29 heavy (non-hydrogen) atoms. The molecule has 0 aromatic carbocycles. The molecular formula is C24H45NO4. The van der Waals surface area contributed by atoms with Crippen LogP contribution in [0.15, 0.2) is 0 Å². The van der Waals surface area contributed by atoms with Crippen LogP contribution in [0.4, 0.5) is 0 Å². The van der Waals surface area contributed by atoms with Crippen LogP contribution >= 0.6 is 0 Å². The van der Waals surface area contributed by atoms with Gasteiger partial charge in [-0.05, 0) is 67.2 Å². The van der Waals surface area contributed by atoms with Crippen LogP contribution in [0.5, 0.6) is 0 Å². The molecule has 1 saturated heterocycles. The Morgan fingerprint density at radius 1 is 1.03 bits per heavy atom. The third kappa shape index (κ3) is 6.27. The summed E-state index contributed by atoms with van der Waals surface area (Å²) in [7, 11) is 0. The second kappa shape index (κ2) is 9.47. The molecular weight excluding hydrogens is 366 g/mol. The largest absolute Gasteiger partial charge is 0.368 e. The molecule has 0 spiro atoms. The zero-order chi connectivity index (χ0) is 22.8. The van der Waals surface area contributed by atoms with Crippen LogP contribution in [-0.2, 0) is 19.1 Å². The summed E-state index contributed by atoms with van der Waals surface area (Å²) >= 11 is 0. The van der Waals surface area contributed by atoms with Gasteiger partial charge >= 0.3 is 0 Å². The van der Waals surface area contributed by atoms with Gasteiger partial charge in [0.2, 0.25) is 5.91 Å². The lowest BCUT2D eigenvalue weighted by Gasteiger charge is -2.52. The summed E-state index contributed by atoms with van der Waals surface area (Å²) in [6, 6.07) is 0.0581. The number of hydrogen-bond acceptors (Lipinski definition) is 4. The molecule has 1 fully saturated rings. The lowest BCUT2D eigenvalue weighted by Crippen LogP contribution is -2.60. The van der Waals surface area contributed by atoms with E-state index < -0.39 is 17.3 Å². The summed E-state index contributed by atoms with van der Waals surface area (Å²) in [5.41, 5.74) is -1.98. The highest BCUT2D eigenvalue weighted by Gasteiger charge is 2.51. The van der Waals surface area contributed by atoms with Crippen molar-refractivity contribution in [1.29, 1.82) is 0 Å². The first-order valence-electron chi connectivity index (χ1n) is 11.2. The summed E-state index contributed by atoms with van der Waals surface area (Å²) in [6.07, 6.45) is 1.90. The first-order chi connectivity index (χ1) is 13.0. The number of carbonyl (C=O) groups is 2. The van der Waals surface area contributed by atoms with E-state index in [0.29, 0.717) is 12.3 Å². The number of Topliss-reactive ketones (excluding diaryl/α,β-unsaturated/α-hetero) is 1.